The van der Waals surface area contributed by atoms with Gasteiger partial charge in [-0.1, -0.05) is 18.6 Å². The summed E-state index contributed by atoms with van der Waals surface area (Å²) in [5, 5.41) is 0. The second-order valence-electron chi connectivity index (χ2n) is 7.98. The van der Waals surface area contributed by atoms with Crippen molar-refractivity contribution < 1.29 is 4.79 Å². The zero-order chi connectivity index (χ0) is 13.9. The first kappa shape index (κ1) is 13.1. The van der Waals surface area contributed by atoms with Gasteiger partial charge in [-0.05, 0) is 68.6 Å². The van der Waals surface area contributed by atoms with E-state index in [-0.39, 0.29) is 5.41 Å². The number of allylic oxidation sites excluding steroid dienone is 1. The minimum absolute atomic E-state index is 0.0352. The molecule has 0 spiro atoms. The molecule has 0 aromatic rings. The van der Waals surface area contributed by atoms with Gasteiger partial charge in [0.15, 0.2) is 0 Å². The van der Waals surface area contributed by atoms with Crippen LogP contribution in [-0.2, 0) is 4.79 Å². The number of ketones is 1. The van der Waals surface area contributed by atoms with E-state index in [9.17, 15) is 4.79 Å². The van der Waals surface area contributed by atoms with Crippen LogP contribution in [0.1, 0.15) is 58.3 Å². The molecule has 20 heavy (non-hydrogen) atoms. The molecule has 2 nitrogen and oxygen atoms in total. The fourth-order valence-corrected chi connectivity index (χ4v) is 6.13. The van der Waals surface area contributed by atoms with Gasteiger partial charge in [0.1, 0.15) is 5.78 Å². The fourth-order valence-electron chi connectivity index (χ4n) is 6.13. The summed E-state index contributed by atoms with van der Waals surface area (Å²) in [5.74, 6) is 3.72. The SMILES string of the molecule is CC12CCC3C4CCC(N)C=C4CCC3C1CCC2=O. The Morgan fingerprint density at radius 1 is 1.10 bits per heavy atom. The third-order valence-corrected chi connectivity index (χ3v) is 7.20. The van der Waals surface area contributed by atoms with Gasteiger partial charge < -0.3 is 5.73 Å². The average molecular weight is 273 g/mol. The fraction of sp³-hybridized carbons (Fsp3) is 0.833. The summed E-state index contributed by atoms with van der Waals surface area (Å²) in [6, 6.07) is 0.305. The Balaban J connectivity index is 1.63. The lowest BCUT2D eigenvalue weighted by Gasteiger charge is -2.52. The van der Waals surface area contributed by atoms with Crippen molar-refractivity contribution in [3.05, 3.63) is 11.6 Å². The Morgan fingerprint density at radius 2 is 1.95 bits per heavy atom. The standard InChI is InChI=1S/C18H27NO/c1-18-9-8-14-13-5-3-12(19)10-11(13)2-4-15(14)16(18)6-7-17(18)20/h10,12-16H,2-9,19H2,1H3. The van der Waals surface area contributed by atoms with E-state index in [1.807, 2.05) is 0 Å². The number of carbonyl (C=O) groups excluding carboxylic acids is 1. The van der Waals surface area contributed by atoms with Crippen LogP contribution in [0.5, 0.6) is 0 Å². The molecule has 4 aliphatic carbocycles. The first-order valence-corrected chi connectivity index (χ1v) is 8.59. The van der Waals surface area contributed by atoms with Gasteiger partial charge in [0.05, 0.1) is 0 Å². The maximum absolute atomic E-state index is 12.3. The van der Waals surface area contributed by atoms with Crippen LogP contribution in [0.3, 0.4) is 0 Å². The van der Waals surface area contributed by atoms with Gasteiger partial charge in [-0.2, -0.15) is 0 Å². The van der Waals surface area contributed by atoms with E-state index in [0.29, 0.717) is 17.7 Å². The highest BCUT2D eigenvalue weighted by atomic mass is 16.1. The molecule has 2 N–H and O–H groups in total. The molecule has 3 fully saturated rings. The molecule has 6 unspecified atom stereocenters. The van der Waals surface area contributed by atoms with E-state index in [1.165, 1.54) is 32.1 Å². The minimum atomic E-state index is 0.0352. The van der Waals surface area contributed by atoms with Crippen LogP contribution < -0.4 is 5.73 Å². The molecule has 4 aliphatic rings. The number of nitrogens with two attached hydrogens (primary N) is 1. The van der Waals surface area contributed by atoms with Gasteiger partial charge in [-0.3, -0.25) is 4.79 Å². The Bertz CT molecular complexity index is 468. The Morgan fingerprint density at radius 3 is 2.80 bits per heavy atom. The lowest BCUT2D eigenvalue weighted by molar-refractivity contribution is -0.131. The summed E-state index contributed by atoms with van der Waals surface area (Å²) in [7, 11) is 0. The van der Waals surface area contributed by atoms with Crippen LogP contribution in [0.15, 0.2) is 11.6 Å². The van der Waals surface area contributed by atoms with E-state index < -0.39 is 0 Å². The van der Waals surface area contributed by atoms with Crippen molar-refractivity contribution in [2.75, 3.05) is 0 Å². The molecule has 0 radical (unpaired) electrons. The topological polar surface area (TPSA) is 43.1 Å². The van der Waals surface area contributed by atoms with E-state index in [2.05, 4.69) is 13.0 Å². The van der Waals surface area contributed by atoms with Gasteiger partial charge in [0.25, 0.3) is 0 Å². The van der Waals surface area contributed by atoms with E-state index in [1.54, 1.807) is 5.57 Å². The molecule has 0 aromatic carbocycles. The van der Waals surface area contributed by atoms with Gasteiger partial charge in [-0.15, -0.1) is 0 Å². The van der Waals surface area contributed by atoms with Gasteiger partial charge in [0, 0.05) is 17.9 Å². The van der Waals surface area contributed by atoms with Crippen molar-refractivity contribution in [2.45, 2.75) is 64.3 Å². The van der Waals surface area contributed by atoms with Gasteiger partial charge >= 0.3 is 0 Å². The molecule has 110 valence electrons. The summed E-state index contributed by atoms with van der Waals surface area (Å²) in [5.41, 5.74) is 7.81. The Hall–Kier alpha value is -0.630. The van der Waals surface area contributed by atoms with Crippen molar-refractivity contribution in [3.8, 4) is 0 Å². The third kappa shape index (κ3) is 1.70. The smallest absolute Gasteiger partial charge is 0.139 e. The Kier molecular flexibility index (Phi) is 2.89. The predicted molar refractivity (Wildman–Crippen MR) is 80.1 cm³/mol. The van der Waals surface area contributed by atoms with Crippen molar-refractivity contribution in [3.63, 3.8) is 0 Å². The molecular formula is C18H27NO. The van der Waals surface area contributed by atoms with Gasteiger partial charge in [-0.25, -0.2) is 0 Å². The summed E-state index contributed by atoms with van der Waals surface area (Å²) in [6.07, 6.45) is 11.8. The van der Waals surface area contributed by atoms with Crippen LogP contribution in [-0.4, -0.2) is 11.8 Å². The summed E-state index contributed by atoms with van der Waals surface area (Å²) in [6.45, 7) is 2.27. The molecular weight excluding hydrogens is 246 g/mol. The number of hydrogen-bond donors (Lipinski definition) is 1. The Labute approximate surface area is 122 Å². The zero-order valence-electron chi connectivity index (χ0n) is 12.6. The molecule has 6 atom stereocenters. The molecule has 0 bridgehead atoms. The summed E-state index contributed by atoms with van der Waals surface area (Å²) < 4.78 is 0. The zero-order valence-corrected chi connectivity index (χ0v) is 12.6. The first-order valence-electron chi connectivity index (χ1n) is 8.59. The highest BCUT2D eigenvalue weighted by Gasteiger charge is 2.55. The first-order chi connectivity index (χ1) is 9.59. The molecule has 0 heterocycles. The van der Waals surface area contributed by atoms with Crippen molar-refractivity contribution in [1.82, 2.24) is 0 Å². The second-order valence-corrected chi connectivity index (χ2v) is 7.98. The normalized spacial score (nSPS) is 51.0. The predicted octanol–water partition coefficient (Wildman–Crippen LogP) is 3.46. The number of carbonyl (C=O) groups is 1. The highest BCUT2D eigenvalue weighted by Crippen LogP contribution is 2.60. The maximum atomic E-state index is 12.3. The summed E-state index contributed by atoms with van der Waals surface area (Å²) >= 11 is 0. The second kappa shape index (κ2) is 4.43. The van der Waals surface area contributed by atoms with Crippen molar-refractivity contribution in [1.29, 1.82) is 0 Å². The molecule has 0 aliphatic heterocycles. The number of fused-ring (bicyclic) bond motifs is 5. The van der Waals surface area contributed by atoms with Crippen LogP contribution in [0.25, 0.3) is 0 Å². The van der Waals surface area contributed by atoms with E-state index in [4.69, 9.17) is 5.73 Å². The molecule has 2 heteroatoms. The largest absolute Gasteiger partial charge is 0.324 e. The molecule has 0 aromatic heterocycles. The lowest BCUT2D eigenvalue weighted by Crippen LogP contribution is -2.47. The van der Waals surface area contributed by atoms with E-state index >= 15 is 0 Å². The highest BCUT2D eigenvalue weighted by molar-refractivity contribution is 5.87. The molecule has 0 amide bonds. The maximum Gasteiger partial charge on any atom is 0.139 e. The quantitative estimate of drug-likeness (QED) is 0.687. The van der Waals surface area contributed by atoms with Crippen LogP contribution in [0.4, 0.5) is 0 Å². The lowest BCUT2D eigenvalue weighted by atomic mass is 9.52. The average Bonchev–Trinajstić information content (AvgIpc) is 2.74. The molecule has 3 saturated carbocycles. The van der Waals surface area contributed by atoms with Crippen molar-refractivity contribution in [2.24, 2.45) is 34.8 Å². The number of Topliss-reactive ketones (excluding diaryl/α,β-unsaturated/α-hetero) is 1. The summed E-state index contributed by atoms with van der Waals surface area (Å²) in [4.78, 5) is 12.3. The minimum Gasteiger partial charge on any atom is -0.324 e. The van der Waals surface area contributed by atoms with Crippen LogP contribution in [0, 0.1) is 29.1 Å². The number of rotatable bonds is 0. The molecule has 0 saturated heterocycles. The third-order valence-electron chi connectivity index (χ3n) is 7.20. The monoisotopic (exact) mass is 273 g/mol. The van der Waals surface area contributed by atoms with Crippen LogP contribution >= 0.6 is 0 Å². The van der Waals surface area contributed by atoms with Crippen molar-refractivity contribution >= 4 is 5.78 Å². The van der Waals surface area contributed by atoms with Gasteiger partial charge in [0.2, 0.25) is 0 Å². The number of hydrogen-bond acceptors (Lipinski definition) is 2. The van der Waals surface area contributed by atoms with E-state index in [0.717, 1.165) is 37.0 Å². The van der Waals surface area contributed by atoms with Crippen LogP contribution in [0.2, 0.25) is 0 Å². The molecule has 4 rings (SSSR count).